The highest BCUT2D eigenvalue weighted by atomic mass is 19.1. The van der Waals surface area contributed by atoms with Gasteiger partial charge in [-0.15, -0.1) is 0 Å². The van der Waals surface area contributed by atoms with Gasteiger partial charge in [0.1, 0.15) is 5.82 Å². The van der Waals surface area contributed by atoms with Crippen molar-refractivity contribution in [1.29, 1.82) is 0 Å². The zero-order valence-corrected chi connectivity index (χ0v) is 11.0. The number of halogens is 1. The minimum atomic E-state index is -0.167. The van der Waals surface area contributed by atoms with Crippen LogP contribution in [0.1, 0.15) is 44.2 Å². The fourth-order valence-electron chi connectivity index (χ4n) is 2.90. The lowest BCUT2D eigenvalue weighted by atomic mass is 9.84. The summed E-state index contributed by atoms with van der Waals surface area (Å²) in [7, 11) is 0. The van der Waals surface area contributed by atoms with Crippen molar-refractivity contribution in [2.24, 2.45) is 11.7 Å². The summed E-state index contributed by atoms with van der Waals surface area (Å²) >= 11 is 0. The number of benzene rings is 1. The van der Waals surface area contributed by atoms with Crippen LogP contribution in [0.15, 0.2) is 24.3 Å². The first-order chi connectivity index (χ1) is 8.70. The summed E-state index contributed by atoms with van der Waals surface area (Å²) in [5.74, 6) is 0.398. The van der Waals surface area contributed by atoms with Gasteiger partial charge in [0, 0.05) is 12.1 Å². The van der Waals surface area contributed by atoms with Gasteiger partial charge in [-0.3, -0.25) is 0 Å². The molecule has 0 radical (unpaired) electrons. The number of hydrogen-bond acceptors (Lipinski definition) is 2. The molecule has 1 aliphatic carbocycles. The van der Waals surface area contributed by atoms with E-state index >= 15 is 0 Å². The van der Waals surface area contributed by atoms with Gasteiger partial charge in [-0.05, 0) is 49.9 Å². The molecule has 0 spiro atoms. The molecule has 1 aromatic carbocycles. The topological polar surface area (TPSA) is 38.0 Å². The van der Waals surface area contributed by atoms with Gasteiger partial charge in [0.2, 0.25) is 0 Å². The fraction of sp³-hybridized carbons (Fsp3) is 0.600. The molecule has 3 N–H and O–H groups in total. The Hall–Kier alpha value is -0.930. The molecule has 2 rings (SSSR count). The third kappa shape index (κ3) is 3.30. The second kappa shape index (κ2) is 6.30. The molecule has 1 saturated carbocycles. The predicted octanol–water partition coefficient (Wildman–Crippen LogP) is 2.99. The molecule has 1 aromatic rings. The molecule has 18 heavy (non-hydrogen) atoms. The second-order valence-corrected chi connectivity index (χ2v) is 5.33. The first-order valence-electron chi connectivity index (χ1n) is 6.92. The van der Waals surface area contributed by atoms with Crippen LogP contribution in [0.2, 0.25) is 0 Å². The average Bonchev–Trinajstić information content (AvgIpc) is 2.39. The van der Waals surface area contributed by atoms with E-state index in [1.807, 2.05) is 6.07 Å². The van der Waals surface area contributed by atoms with Crippen LogP contribution >= 0.6 is 0 Å². The van der Waals surface area contributed by atoms with E-state index in [1.54, 1.807) is 12.1 Å². The van der Waals surface area contributed by atoms with Crippen LogP contribution in [0.25, 0.3) is 0 Å². The van der Waals surface area contributed by atoms with E-state index in [1.165, 1.54) is 31.7 Å². The smallest absolute Gasteiger partial charge is 0.123 e. The molecular weight excluding hydrogens is 227 g/mol. The van der Waals surface area contributed by atoms with Gasteiger partial charge in [-0.2, -0.15) is 0 Å². The first-order valence-corrected chi connectivity index (χ1v) is 6.92. The van der Waals surface area contributed by atoms with Crippen LogP contribution in [-0.2, 0) is 0 Å². The molecule has 2 nitrogen and oxygen atoms in total. The van der Waals surface area contributed by atoms with Gasteiger partial charge in [0.15, 0.2) is 0 Å². The normalized spacial score (nSPS) is 25.9. The van der Waals surface area contributed by atoms with Crippen LogP contribution in [0.3, 0.4) is 0 Å². The molecular formula is C15H23FN2. The third-order valence-electron chi connectivity index (χ3n) is 4.02. The highest BCUT2D eigenvalue weighted by molar-refractivity contribution is 5.19. The van der Waals surface area contributed by atoms with Crippen molar-refractivity contribution in [2.45, 2.75) is 44.7 Å². The molecule has 1 fully saturated rings. The zero-order chi connectivity index (χ0) is 13.0. The van der Waals surface area contributed by atoms with Crippen LogP contribution in [0.4, 0.5) is 4.39 Å². The Morgan fingerprint density at radius 1 is 1.39 bits per heavy atom. The molecule has 2 unspecified atom stereocenters. The van der Waals surface area contributed by atoms with Crippen LogP contribution in [-0.4, -0.2) is 12.6 Å². The molecule has 0 aromatic heterocycles. The van der Waals surface area contributed by atoms with Gasteiger partial charge in [0.25, 0.3) is 0 Å². The van der Waals surface area contributed by atoms with Gasteiger partial charge in [0.05, 0.1) is 0 Å². The summed E-state index contributed by atoms with van der Waals surface area (Å²) in [4.78, 5) is 0. The molecule has 0 aliphatic heterocycles. The molecule has 100 valence electrons. The SMILES string of the molecule is C[C@@H](NC1CCCCC1CN)c1cccc(F)c1. The number of nitrogens with two attached hydrogens (primary N) is 1. The monoisotopic (exact) mass is 250 g/mol. The zero-order valence-electron chi connectivity index (χ0n) is 11.0. The maximum atomic E-state index is 13.2. The highest BCUT2D eigenvalue weighted by Crippen LogP contribution is 2.26. The second-order valence-electron chi connectivity index (χ2n) is 5.33. The van der Waals surface area contributed by atoms with Gasteiger partial charge in [-0.1, -0.05) is 25.0 Å². The molecule has 3 atom stereocenters. The van der Waals surface area contributed by atoms with E-state index in [-0.39, 0.29) is 11.9 Å². The van der Waals surface area contributed by atoms with E-state index in [9.17, 15) is 4.39 Å². The number of hydrogen-bond donors (Lipinski definition) is 2. The molecule has 0 saturated heterocycles. The van der Waals surface area contributed by atoms with Crippen LogP contribution < -0.4 is 11.1 Å². The predicted molar refractivity (Wildman–Crippen MR) is 72.8 cm³/mol. The van der Waals surface area contributed by atoms with Crippen molar-refractivity contribution in [3.8, 4) is 0 Å². The minimum Gasteiger partial charge on any atom is -0.330 e. The van der Waals surface area contributed by atoms with Crippen LogP contribution in [0, 0.1) is 11.7 Å². The molecule has 1 aliphatic rings. The summed E-state index contributed by atoms with van der Waals surface area (Å²) < 4.78 is 13.2. The van der Waals surface area contributed by atoms with Gasteiger partial charge < -0.3 is 11.1 Å². The highest BCUT2D eigenvalue weighted by Gasteiger charge is 2.25. The lowest BCUT2D eigenvalue weighted by Crippen LogP contribution is -2.42. The molecule has 0 heterocycles. The van der Waals surface area contributed by atoms with E-state index in [4.69, 9.17) is 5.73 Å². The Balaban J connectivity index is 1.99. The third-order valence-corrected chi connectivity index (χ3v) is 4.02. The van der Waals surface area contributed by atoms with Crippen molar-refractivity contribution in [3.05, 3.63) is 35.6 Å². The largest absolute Gasteiger partial charge is 0.330 e. The van der Waals surface area contributed by atoms with E-state index in [2.05, 4.69) is 12.2 Å². The first kappa shape index (κ1) is 13.5. The van der Waals surface area contributed by atoms with Crippen molar-refractivity contribution >= 4 is 0 Å². The Labute approximate surface area is 109 Å². The quantitative estimate of drug-likeness (QED) is 0.862. The maximum absolute atomic E-state index is 13.2. The molecule has 0 bridgehead atoms. The minimum absolute atomic E-state index is 0.167. The van der Waals surface area contributed by atoms with E-state index < -0.39 is 0 Å². The van der Waals surface area contributed by atoms with Crippen LogP contribution in [0.5, 0.6) is 0 Å². The average molecular weight is 250 g/mol. The van der Waals surface area contributed by atoms with E-state index in [0.717, 1.165) is 12.1 Å². The Kier molecular flexibility index (Phi) is 4.72. The van der Waals surface area contributed by atoms with Crippen molar-refractivity contribution in [2.75, 3.05) is 6.54 Å². The summed E-state index contributed by atoms with van der Waals surface area (Å²) in [5, 5.41) is 3.62. The number of nitrogens with one attached hydrogen (secondary N) is 1. The standard InChI is InChI=1S/C15H23FN2/c1-11(12-6-4-7-14(16)9-12)18-15-8-3-2-5-13(15)10-17/h4,6-7,9,11,13,15,18H,2-3,5,8,10,17H2,1H3/t11-,13?,15?/m1/s1. The molecule has 3 heteroatoms. The van der Waals surface area contributed by atoms with E-state index in [0.29, 0.717) is 12.0 Å². The number of rotatable bonds is 4. The maximum Gasteiger partial charge on any atom is 0.123 e. The summed E-state index contributed by atoms with van der Waals surface area (Å²) in [6, 6.07) is 7.49. The Morgan fingerprint density at radius 2 is 2.17 bits per heavy atom. The Bertz CT molecular complexity index is 381. The van der Waals surface area contributed by atoms with Gasteiger partial charge >= 0.3 is 0 Å². The van der Waals surface area contributed by atoms with Crippen molar-refractivity contribution < 1.29 is 4.39 Å². The van der Waals surface area contributed by atoms with Crippen molar-refractivity contribution in [3.63, 3.8) is 0 Å². The lowest BCUT2D eigenvalue weighted by Gasteiger charge is -2.33. The fourth-order valence-corrected chi connectivity index (χ4v) is 2.90. The van der Waals surface area contributed by atoms with Crippen molar-refractivity contribution in [1.82, 2.24) is 5.32 Å². The summed E-state index contributed by atoms with van der Waals surface area (Å²) in [6.07, 6.45) is 4.95. The summed E-state index contributed by atoms with van der Waals surface area (Å²) in [5.41, 5.74) is 6.84. The van der Waals surface area contributed by atoms with Gasteiger partial charge in [-0.25, -0.2) is 4.39 Å². The summed E-state index contributed by atoms with van der Waals surface area (Å²) in [6.45, 7) is 2.84. The molecule has 0 amide bonds. The Morgan fingerprint density at radius 3 is 2.89 bits per heavy atom. The lowest BCUT2D eigenvalue weighted by molar-refractivity contribution is 0.252.